The molecule has 0 saturated heterocycles. The number of thiophene rings is 2. The van der Waals surface area contributed by atoms with Crippen LogP contribution in [0.2, 0.25) is 13.1 Å². The Morgan fingerprint density at radius 3 is 1.17 bits per heavy atom. The molecule has 0 unspecified atom stereocenters. The summed E-state index contributed by atoms with van der Waals surface area (Å²) in [4.78, 5) is 2.66. The van der Waals surface area contributed by atoms with E-state index in [4.69, 9.17) is 0 Å². The summed E-state index contributed by atoms with van der Waals surface area (Å²) in [5.41, 5.74) is 8.07. The summed E-state index contributed by atoms with van der Waals surface area (Å²) >= 11 is 5.33. The Bertz CT molecular complexity index is 2590. The maximum atomic E-state index is 2.33. The Balaban J connectivity index is 0.000000162. The van der Waals surface area contributed by atoms with Gasteiger partial charge in [-0.3, -0.25) is 0 Å². The zero-order valence-electron chi connectivity index (χ0n) is 29.9. The molecule has 0 bridgehead atoms. The molecule has 0 spiro atoms. The predicted octanol–water partition coefficient (Wildman–Crippen LogP) is 9.01. The van der Waals surface area contributed by atoms with Crippen molar-refractivity contribution >= 4 is 71.2 Å². The van der Waals surface area contributed by atoms with Crippen molar-refractivity contribution < 1.29 is 48.1 Å². The molecule has 0 nitrogen and oxygen atoms in total. The average molecular weight is 867 g/mol. The van der Waals surface area contributed by atoms with Gasteiger partial charge in [0.05, 0.1) is 0 Å². The Labute approximate surface area is 353 Å². The summed E-state index contributed by atoms with van der Waals surface area (Å²) in [5.74, 6) is 0. The van der Waals surface area contributed by atoms with Crippen LogP contribution in [-0.2, 0) is 23.3 Å². The first-order valence-corrected chi connectivity index (χ1v) is 25.4. The van der Waals surface area contributed by atoms with E-state index in [0.29, 0.717) is 0 Å². The SMILES string of the molecule is C[Si](C)=[Zr+2].[Cl-].[Cl-].c1csc(-c2cc3c(-c4cccc5ccccc45)cccc3[cH-]2)c1.c1csc(-c2cc3c(-c4cccc5ccccc45)cccc3[cH-]2)c1. The Morgan fingerprint density at radius 1 is 0.426 bits per heavy atom. The van der Waals surface area contributed by atoms with Crippen LogP contribution in [0.3, 0.4) is 0 Å². The number of rotatable bonds is 4. The van der Waals surface area contributed by atoms with Crippen molar-refractivity contribution in [3.8, 4) is 43.1 Å². The number of hydrogen-bond acceptors (Lipinski definition) is 2. The quantitative estimate of drug-likeness (QED) is 0.123. The second-order valence-corrected chi connectivity index (χ2v) is 24.4. The minimum atomic E-state index is 0. The standard InChI is InChI=1S/2C23H15S.C2H6Si.2ClH.Zr/c2*1-2-9-19-16(6-1)7-3-10-20(19)21-11-4-8-17-14-18(15-22(17)21)23-12-5-13-24-23;1-3-2;;;/h2*1-15H;1-2H3;2*1H;/q2*-1;;;;+2/p-2. The fourth-order valence-corrected chi connectivity index (χ4v) is 8.46. The Morgan fingerprint density at radius 2 is 0.778 bits per heavy atom. The Hall–Kier alpha value is -3.86. The van der Waals surface area contributed by atoms with Crippen LogP contribution in [0.4, 0.5) is 0 Å². The van der Waals surface area contributed by atoms with E-state index < -0.39 is 0 Å². The van der Waals surface area contributed by atoms with Gasteiger partial charge in [0.25, 0.3) is 0 Å². The number of halogens is 2. The molecule has 0 aliphatic rings. The summed E-state index contributed by atoms with van der Waals surface area (Å²) in [6, 6.07) is 61.5. The first-order chi connectivity index (χ1) is 25.5. The molecule has 0 fully saturated rings. The normalized spacial score (nSPS) is 10.6. The molecule has 0 radical (unpaired) electrons. The molecule has 54 heavy (non-hydrogen) atoms. The van der Waals surface area contributed by atoms with Gasteiger partial charge in [-0.25, -0.2) is 0 Å². The van der Waals surface area contributed by atoms with Crippen molar-refractivity contribution in [1.82, 2.24) is 0 Å². The molecule has 0 amide bonds. The van der Waals surface area contributed by atoms with E-state index in [1.54, 1.807) is 46.0 Å². The first kappa shape index (κ1) is 39.8. The average Bonchev–Trinajstić information content (AvgIpc) is 4.01. The van der Waals surface area contributed by atoms with Crippen LogP contribution < -0.4 is 24.8 Å². The van der Waals surface area contributed by atoms with Crippen molar-refractivity contribution in [2.75, 3.05) is 0 Å². The van der Waals surface area contributed by atoms with Crippen molar-refractivity contribution in [3.63, 3.8) is 0 Å². The van der Waals surface area contributed by atoms with E-state index in [1.165, 1.54) is 86.2 Å². The van der Waals surface area contributed by atoms with Gasteiger partial charge >= 0.3 is 41.9 Å². The van der Waals surface area contributed by atoms with Gasteiger partial charge in [0, 0.05) is 0 Å². The molecule has 0 saturated carbocycles. The van der Waals surface area contributed by atoms with Gasteiger partial charge in [-0.05, 0) is 53.2 Å². The minimum absolute atomic E-state index is 0. The Kier molecular flexibility index (Phi) is 13.4. The van der Waals surface area contributed by atoms with Gasteiger partial charge in [-0.2, -0.15) is 22.7 Å². The summed E-state index contributed by atoms with van der Waals surface area (Å²) in [7, 11) is 0. The van der Waals surface area contributed by atoms with Gasteiger partial charge in [0.1, 0.15) is 0 Å². The van der Waals surface area contributed by atoms with Gasteiger partial charge in [-0.15, -0.1) is 69.1 Å². The van der Waals surface area contributed by atoms with Crippen molar-refractivity contribution in [3.05, 3.63) is 181 Å². The smallest absolute Gasteiger partial charge is 0.0112 e. The van der Waals surface area contributed by atoms with Gasteiger partial charge in [0.2, 0.25) is 0 Å². The van der Waals surface area contributed by atoms with Crippen LogP contribution >= 0.6 is 22.7 Å². The second kappa shape index (κ2) is 18.2. The summed E-state index contributed by atoms with van der Waals surface area (Å²) in [6.45, 7) is 4.62. The van der Waals surface area contributed by atoms with E-state index in [1.807, 2.05) is 0 Å². The van der Waals surface area contributed by atoms with Crippen LogP contribution in [0.15, 0.2) is 181 Å². The van der Waals surface area contributed by atoms with Crippen molar-refractivity contribution in [2.45, 2.75) is 13.1 Å². The first-order valence-electron chi connectivity index (χ1n) is 17.5. The number of hydrogen-bond donors (Lipinski definition) is 0. The predicted molar refractivity (Wildman–Crippen MR) is 229 cm³/mol. The molecule has 10 rings (SSSR count). The molecule has 0 aliphatic carbocycles. The molecular weight excluding hydrogens is 831 g/mol. The summed E-state index contributed by atoms with van der Waals surface area (Å²) in [5, 5.41) is 14.8. The number of fused-ring (bicyclic) bond motifs is 4. The molecule has 2 aromatic heterocycles. The van der Waals surface area contributed by atoms with E-state index in [2.05, 4.69) is 194 Å². The molecule has 0 aliphatic heterocycles. The van der Waals surface area contributed by atoms with Crippen LogP contribution in [0.25, 0.3) is 86.2 Å². The third kappa shape index (κ3) is 8.51. The van der Waals surface area contributed by atoms with E-state index in [9.17, 15) is 0 Å². The van der Waals surface area contributed by atoms with Crippen LogP contribution in [-0.4, -0.2) is 5.43 Å². The molecular formula is C48H36Cl2S2SiZr-2. The van der Waals surface area contributed by atoms with Crippen LogP contribution in [0.5, 0.6) is 0 Å². The molecule has 264 valence electrons. The topological polar surface area (TPSA) is 0 Å². The second-order valence-electron chi connectivity index (χ2n) is 13.1. The van der Waals surface area contributed by atoms with E-state index in [0.717, 1.165) is 0 Å². The van der Waals surface area contributed by atoms with Crippen molar-refractivity contribution in [1.29, 1.82) is 0 Å². The summed E-state index contributed by atoms with van der Waals surface area (Å²) in [6.07, 6.45) is 0. The third-order valence-electron chi connectivity index (χ3n) is 9.27. The largest absolute Gasteiger partial charge is 1.00 e. The molecule has 0 N–H and O–H groups in total. The molecule has 8 aromatic carbocycles. The number of benzene rings is 6. The zero-order valence-corrected chi connectivity index (χ0v) is 36.5. The fraction of sp³-hybridized carbons (Fsp3) is 0.0417. The van der Waals surface area contributed by atoms with E-state index in [-0.39, 0.29) is 30.2 Å². The van der Waals surface area contributed by atoms with Crippen LogP contribution in [0.1, 0.15) is 0 Å². The van der Waals surface area contributed by atoms with Gasteiger partial charge in [0.15, 0.2) is 0 Å². The fourth-order valence-electron chi connectivity index (χ4n) is 7.03. The van der Waals surface area contributed by atoms with Crippen molar-refractivity contribution in [2.24, 2.45) is 0 Å². The third-order valence-corrected chi connectivity index (χ3v) is 11.1. The minimum Gasteiger partial charge on any atom is -1.00 e. The van der Waals surface area contributed by atoms with Gasteiger partial charge < -0.3 is 24.8 Å². The van der Waals surface area contributed by atoms with Crippen LogP contribution in [0, 0.1) is 0 Å². The molecule has 0 atom stereocenters. The maximum absolute atomic E-state index is 2.33. The zero-order chi connectivity index (χ0) is 35.4. The van der Waals surface area contributed by atoms with Gasteiger partial charge in [-0.1, -0.05) is 145 Å². The molecule has 10 aromatic rings. The van der Waals surface area contributed by atoms with E-state index >= 15 is 0 Å². The molecule has 2 heterocycles. The molecule has 6 heteroatoms. The summed E-state index contributed by atoms with van der Waals surface area (Å²) < 4.78 is 0. The maximum Gasteiger partial charge on any atom is -0.0112 e. The monoisotopic (exact) mass is 864 g/mol.